The quantitative estimate of drug-likeness (QED) is 0.642. The first-order chi connectivity index (χ1) is 13.3. The maximum atomic E-state index is 6.24. The van der Waals surface area contributed by atoms with Crippen LogP contribution < -0.4 is 35.3 Å². The molecule has 0 aliphatic carbocycles. The van der Waals surface area contributed by atoms with E-state index in [1.54, 1.807) is 0 Å². The topological polar surface area (TPSA) is 113 Å². The number of nitrogens with zero attached hydrogens (tertiary/aromatic N) is 2. The SMILES string of the molecule is Nc1c(Nc2ccc3c(c2)OCO3)ncnc1Nc1ccc2c(c1)OCO2. The van der Waals surface area contributed by atoms with Gasteiger partial charge in [0.15, 0.2) is 34.6 Å². The molecule has 0 radical (unpaired) electrons. The summed E-state index contributed by atoms with van der Waals surface area (Å²) in [6.45, 7) is 0.441. The van der Waals surface area contributed by atoms with Gasteiger partial charge in [0.25, 0.3) is 0 Å². The van der Waals surface area contributed by atoms with E-state index in [1.807, 2.05) is 36.4 Å². The van der Waals surface area contributed by atoms with Crippen LogP contribution in [0.5, 0.6) is 23.0 Å². The van der Waals surface area contributed by atoms with Gasteiger partial charge in [0, 0.05) is 23.5 Å². The standard InChI is InChI=1S/C18H15N5O4/c19-16-17(22-10-1-3-12-14(5-10)26-8-24-12)20-7-21-18(16)23-11-2-4-13-15(6-11)27-9-25-13/h1-7H,8-9,19H2,(H2,20,21,22,23). The lowest BCUT2D eigenvalue weighted by molar-refractivity contribution is 0.173. The maximum Gasteiger partial charge on any atom is 0.231 e. The number of hydrogen-bond donors (Lipinski definition) is 3. The average Bonchev–Trinajstić information content (AvgIpc) is 3.33. The summed E-state index contributed by atoms with van der Waals surface area (Å²) in [7, 11) is 0. The van der Waals surface area contributed by atoms with Crippen molar-refractivity contribution in [3.05, 3.63) is 42.7 Å². The van der Waals surface area contributed by atoms with Crippen LogP contribution in [-0.4, -0.2) is 23.6 Å². The molecule has 0 fully saturated rings. The Balaban J connectivity index is 1.39. The zero-order valence-corrected chi connectivity index (χ0v) is 14.1. The van der Waals surface area contributed by atoms with Crippen LogP contribution >= 0.6 is 0 Å². The van der Waals surface area contributed by atoms with Crippen molar-refractivity contribution in [1.82, 2.24) is 9.97 Å². The molecule has 2 aliphatic heterocycles. The van der Waals surface area contributed by atoms with Gasteiger partial charge in [0.05, 0.1) is 0 Å². The van der Waals surface area contributed by atoms with Crippen LogP contribution in [-0.2, 0) is 0 Å². The highest BCUT2D eigenvalue weighted by Crippen LogP contribution is 2.37. The minimum atomic E-state index is 0.220. The number of fused-ring (bicyclic) bond motifs is 2. The van der Waals surface area contributed by atoms with Crippen LogP contribution in [0.4, 0.5) is 28.7 Å². The molecule has 4 N–H and O–H groups in total. The van der Waals surface area contributed by atoms with Crippen LogP contribution in [0.2, 0.25) is 0 Å². The number of rotatable bonds is 4. The molecule has 0 atom stereocenters. The van der Waals surface area contributed by atoms with Crippen LogP contribution in [0.3, 0.4) is 0 Å². The third-order valence-corrected chi connectivity index (χ3v) is 4.15. The summed E-state index contributed by atoms with van der Waals surface area (Å²) in [6.07, 6.45) is 1.43. The van der Waals surface area contributed by atoms with Crippen LogP contribution in [0, 0.1) is 0 Å². The molecule has 2 aromatic carbocycles. The van der Waals surface area contributed by atoms with Crippen molar-refractivity contribution in [1.29, 1.82) is 0 Å². The second kappa shape index (κ2) is 6.13. The van der Waals surface area contributed by atoms with E-state index in [0.717, 1.165) is 11.4 Å². The molecule has 0 saturated carbocycles. The lowest BCUT2D eigenvalue weighted by Gasteiger charge is -2.13. The summed E-state index contributed by atoms with van der Waals surface area (Å²) >= 11 is 0. The van der Waals surface area contributed by atoms with Gasteiger partial charge in [-0.1, -0.05) is 0 Å². The first-order valence-electron chi connectivity index (χ1n) is 8.20. The molecule has 27 heavy (non-hydrogen) atoms. The second-order valence-corrected chi connectivity index (χ2v) is 5.87. The molecule has 0 amide bonds. The lowest BCUT2D eigenvalue weighted by Crippen LogP contribution is -2.05. The molecular formula is C18H15N5O4. The van der Waals surface area contributed by atoms with Crippen LogP contribution in [0.25, 0.3) is 0 Å². The highest BCUT2D eigenvalue weighted by Gasteiger charge is 2.16. The Morgan fingerprint density at radius 1 is 0.704 bits per heavy atom. The molecule has 0 spiro atoms. The van der Waals surface area contributed by atoms with E-state index in [2.05, 4.69) is 20.6 Å². The molecule has 2 aliphatic rings. The first kappa shape index (κ1) is 15.4. The van der Waals surface area contributed by atoms with Crippen molar-refractivity contribution in [2.24, 2.45) is 0 Å². The Morgan fingerprint density at radius 3 is 1.70 bits per heavy atom. The zero-order chi connectivity index (χ0) is 18.2. The zero-order valence-electron chi connectivity index (χ0n) is 14.1. The van der Waals surface area contributed by atoms with E-state index in [-0.39, 0.29) is 13.6 Å². The van der Waals surface area contributed by atoms with Crippen molar-refractivity contribution >= 4 is 28.7 Å². The highest BCUT2D eigenvalue weighted by molar-refractivity contribution is 5.81. The number of hydrogen-bond acceptors (Lipinski definition) is 9. The Kier molecular flexibility index (Phi) is 3.49. The number of ether oxygens (including phenoxy) is 4. The molecular weight excluding hydrogens is 350 g/mol. The van der Waals surface area contributed by atoms with Gasteiger partial charge in [-0.05, 0) is 24.3 Å². The summed E-state index contributed by atoms with van der Waals surface area (Å²) in [6, 6.07) is 11.0. The molecule has 9 nitrogen and oxygen atoms in total. The van der Waals surface area contributed by atoms with Gasteiger partial charge < -0.3 is 35.3 Å². The van der Waals surface area contributed by atoms with E-state index in [1.165, 1.54) is 6.33 Å². The third kappa shape index (κ3) is 2.84. The first-order valence-corrected chi connectivity index (χ1v) is 8.20. The second-order valence-electron chi connectivity index (χ2n) is 5.87. The van der Waals surface area contributed by atoms with Crippen LogP contribution in [0.15, 0.2) is 42.7 Å². The van der Waals surface area contributed by atoms with Gasteiger partial charge in [-0.2, -0.15) is 0 Å². The Bertz CT molecular complexity index is 949. The Morgan fingerprint density at radius 2 is 1.19 bits per heavy atom. The maximum absolute atomic E-state index is 6.24. The fourth-order valence-corrected chi connectivity index (χ4v) is 2.82. The minimum absolute atomic E-state index is 0.220. The van der Waals surface area contributed by atoms with E-state index < -0.39 is 0 Å². The monoisotopic (exact) mass is 365 g/mol. The normalized spacial score (nSPS) is 13.5. The van der Waals surface area contributed by atoms with E-state index in [4.69, 9.17) is 24.7 Å². The van der Waals surface area contributed by atoms with E-state index >= 15 is 0 Å². The number of nitrogens with two attached hydrogens (primary N) is 1. The van der Waals surface area contributed by atoms with Gasteiger partial charge in [0.2, 0.25) is 13.6 Å². The summed E-state index contributed by atoms with van der Waals surface area (Å²) < 4.78 is 21.4. The molecule has 9 heteroatoms. The predicted octanol–water partition coefficient (Wildman–Crippen LogP) is 3.00. The molecule has 3 aromatic rings. The van der Waals surface area contributed by atoms with Crippen molar-refractivity contribution in [3.63, 3.8) is 0 Å². The molecule has 5 rings (SSSR count). The summed E-state index contributed by atoms with van der Waals surface area (Å²) in [4.78, 5) is 8.45. The number of anilines is 5. The summed E-state index contributed by atoms with van der Waals surface area (Å²) in [5, 5.41) is 6.35. The van der Waals surface area contributed by atoms with Gasteiger partial charge in [0.1, 0.15) is 12.0 Å². The lowest BCUT2D eigenvalue weighted by atomic mass is 10.2. The minimum Gasteiger partial charge on any atom is -0.454 e. The fraction of sp³-hybridized carbons (Fsp3) is 0.111. The van der Waals surface area contributed by atoms with Gasteiger partial charge in [-0.25, -0.2) is 9.97 Å². The molecule has 0 bridgehead atoms. The predicted molar refractivity (Wildman–Crippen MR) is 98.1 cm³/mol. The van der Waals surface area contributed by atoms with Crippen molar-refractivity contribution in [2.75, 3.05) is 30.0 Å². The largest absolute Gasteiger partial charge is 0.454 e. The summed E-state index contributed by atoms with van der Waals surface area (Å²) in [5.74, 6) is 3.72. The van der Waals surface area contributed by atoms with Crippen molar-refractivity contribution in [3.8, 4) is 23.0 Å². The smallest absolute Gasteiger partial charge is 0.231 e. The Hall–Kier alpha value is -3.88. The van der Waals surface area contributed by atoms with Gasteiger partial charge in [-0.15, -0.1) is 0 Å². The van der Waals surface area contributed by atoms with Gasteiger partial charge in [-0.3, -0.25) is 0 Å². The van der Waals surface area contributed by atoms with Crippen LogP contribution in [0.1, 0.15) is 0 Å². The number of nitrogen functional groups attached to an aromatic ring is 1. The Labute approximate surface area is 154 Å². The van der Waals surface area contributed by atoms with E-state index in [0.29, 0.717) is 40.3 Å². The third-order valence-electron chi connectivity index (χ3n) is 4.15. The molecule has 136 valence electrons. The number of nitrogens with one attached hydrogen (secondary N) is 2. The summed E-state index contributed by atoms with van der Waals surface area (Å²) in [5.41, 5.74) is 8.18. The molecule has 0 saturated heterocycles. The molecule has 3 heterocycles. The van der Waals surface area contributed by atoms with Crippen molar-refractivity contribution < 1.29 is 18.9 Å². The number of benzene rings is 2. The fourth-order valence-electron chi connectivity index (χ4n) is 2.82. The molecule has 1 aromatic heterocycles. The van der Waals surface area contributed by atoms with Gasteiger partial charge >= 0.3 is 0 Å². The van der Waals surface area contributed by atoms with E-state index in [9.17, 15) is 0 Å². The number of aromatic nitrogens is 2. The van der Waals surface area contributed by atoms with Crippen molar-refractivity contribution in [2.45, 2.75) is 0 Å². The average molecular weight is 365 g/mol. The highest BCUT2D eigenvalue weighted by atomic mass is 16.7. The molecule has 0 unspecified atom stereocenters.